The van der Waals surface area contributed by atoms with Gasteiger partial charge in [0.2, 0.25) is 5.91 Å². The molecule has 1 heterocycles. The summed E-state index contributed by atoms with van der Waals surface area (Å²) in [5, 5.41) is 11.5. The second-order valence-electron chi connectivity index (χ2n) is 5.07. The lowest BCUT2D eigenvalue weighted by Gasteiger charge is -2.32. The van der Waals surface area contributed by atoms with E-state index >= 15 is 0 Å². The van der Waals surface area contributed by atoms with E-state index in [0.29, 0.717) is 10.1 Å². The number of nitro groups is 1. The molecular formula is C15H12ClN3O3S. The van der Waals surface area contributed by atoms with Gasteiger partial charge in [-0.25, -0.2) is 0 Å². The largest absolute Gasteiger partial charge is 0.294 e. The molecule has 1 amide bonds. The number of nitrogens with zero attached hydrogens (tertiary/aromatic N) is 3. The van der Waals surface area contributed by atoms with E-state index in [9.17, 15) is 14.9 Å². The lowest BCUT2D eigenvalue weighted by molar-refractivity contribution is -0.384. The van der Waals surface area contributed by atoms with Crippen LogP contribution < -0.4 is 0 Å². The predicted octanol–water partition coefficient (Wildman–Crippen LogP) is 3.28. The zero-order chi connectivity index (χ0) is 16.6. The van der Waals surface area contributed by atoms with Gasteiger partial charge in [-0.1, -0.05) is 47.7 Å². The normalized spacial score (nSPS) is 22.8. The monoisotopic (exact) mass is 349 g/mol. The molecule has 0 saturated heterocycles. The van der Waals surface area contributed by atoms with E-state index in [1.807, 2.05) is 24.3 Å². The third kappa shape index (κ3) is 3.02. The van der Waals surface area contributed by atoms with Gasteiger partial charge in [-0.3, -0.25) is 24.8 Å². The first-order valence-corrected chi connectivity index (χ1v) is 7.99. The third-order valence-electron chi connectivity index (χ3n) is 3.60. The van der Waals surface area contributed by atoms with Crippen LogP contribution in [0, 0.1) is 16.0 Å². The summed E-state index contributed by atoms with van der Waals surface area (Å²) < 4.78 is 0. The Morgan fingerprint density at radius 2 is 2.09 bits per heavy atom. The van der Waals surface area contributed by atoms with Gasteiger partial charge in [0.1, 0.15) is 0 Å². The quantitative estimate of drug-likeness (QED) is 0.606. The molecule has 0 spiro atoms. The second-order valence-corrected chi connectivity index (χ2v) is 6.49. The summed E-state index contributed by atoms with van der Waals surface area (Å²) in [5.41, 5.74) is -0.0743. The van der Waals surface area contributed by atoms with Crippen molar-refractivity contribution in [3.8, 4) is 0 Å². The number of rotatable bonds is 2. The van der Waals surface area contributed by atoms with Gasteiger partial charge < -0.3 is 0 Å². The number of carbonyl (C=O) groups excluding carboxylic acids is 1. The van der Waals surface area contributed by atoms with E-state index in [1.54, 1.807) is 13.1 Å². The van der Waals surface area contributed by atoms with Crippen LogP contribution in [0.5, 0.6) is 0 Å². The van der Waals surface area contributed by atoms with E-state index in [4.69, 9.17) is 11.6 Å². The first-order chi connectivity index (χ1) is 11.0. The minimum absolute atomic E-state index is 0.0360. The molecule has 0 N–H and O–H groups in total. The van der Waals surface area contributed by atoms with Crippen LogP contribution >= 0.6 is 23.4 Å². The minimum atomic E-state index is -0.502. The number of amides is 1. The SMILES string of the molecule is CN1C(=O)[C@H]2C=CC=C[C@H]2N=C1Sc1ccc([N+](=O)[O-])cc1Cl. The number of thioether (sulfide) groups is 1. The molecule has 0 radical (unpaired) electrons. The molecule has 8 heteroatoms. The number of aliphatic imine (C=N–C) groups is 1. The molecule has 2 aliphatic rings. The number of carbonyl (C=O) groups is 1. The van der Waals surface area contributed by atoms with E-state index in [2.05, 4.69) is 4.99 Å². The summed E-state index contributed by atoms with van der Waals surface area (Å²) >= 11 is 7.33. The number of benzene rings is 1. The number of halogens is 1. The van der Waals surface area contributed by atoms with Crippen molar-refractivity contribution >= 4 is 40.1 Å². The van der Waals surface area contributed by atoms with Crippen molar-refractivity contribution in [3.05, 3.63) is 57.6 Å². The van der Waals surface area contributed by atoms with Crippen LogP contribution in [-0.4, -0.2) is 34.0 Å². The highest BCUT2D eigenvalue weighted by molar-refractivity contribution is 8.14. The maximum atomic E-state index is 12.4. The summed E-state index contributed by atoms with van der Waals surface area (Å²) in [4.78, 5) is 29.4. The topological polar surface area (TPSA) is 75.8 Å². The average molecular weight is 350 g/mol. The van der Waals surface area contributed by atoms with Gasteiger partial charge in [0.25, 0.3) is 5.69 Å². The summed E-state index contributed by atoms with van der Waals surface area (Å²) in [5.74, 6) is -0.312. The molecule has 1 aromatic carbocycles. The van der Waals surface area contributed by atoms with Crippen LogP contribution in [-0.2, 0) is 4.79 Å². The van der Waals surface area contributed by atoms with Crippen LogP contribution in [0.25, 0.3) is 0 Å². The Bertz CT molecular complexity index is 775. The number of fused-ring (bicyclic) bond motifs is 1. The molecular weight excluding hydrogens is 338 g/mol. The van der Waals surface area contributed by atoms with Gasteiger partial charge in [0.15, 0.2) is 5.17 Å². The van der Waals surface area contributed by atoms with Gasteiger partial charge in [-0.15, -0.1) is 0 Å². The van der Waals surface area contributed by atoms with Gasteiger partial charge in [-0.05, 0) is 6.07 Å². The fourth-order valence-electron chi connectivity index (χ4n) is 2.36. The molecule has 3 rings (SSSR count). The molecule has 0 aromatic heterocycles. The average Bonchev–Trinajstić information content (AvgIpc) is 2.54. The maximum Gasteiger partial charge on any atom is 0.270 e. The highest BCUT2D eigenvalue weighted by atomic mass is 35.5. The van der Waals surface area contributed by atoms with Gasteiger partial charge >= 0.3 is 0 Å². The smallest absolute Gasteiger partial charge is 0.270 e. The second kappa shape index (κ2) is 6.17. The number of allylic oxidation sites excluding steroid dienone is 2. The standard InChI is InChI=1S/C15H12ClN3O3S/c1-18-14(20)10-4-2-3-5-12(10)17-15(18)23-13-7-6-9(19(21)22)8-11(13)16/h2-8,10,12H,1H3/t10-,12+/m0/s1. The number of amidine groups is 1. The number of hydrogen-bond donors (Lipinski definition) is 0. The van der Waals surface area contributed by atoms with Crippen LogP contribution in [0.2, 0.25) is 5.02 Å². The molecule has 1 aliphatic heterocycles. The maximum absolute atomic E-state index is 12.4. The summed E-state index contributed by atoms with van der Waals surface area (Å²) in [6, 6.07) is 4.02. The molecule has 118 valence electrons. The van der Waals surface area contributed by atoms with Crippen LogP contribution in [0.1, 0.15) is 0 Å². The van der Waals surface area contributed by atoms with Gasteiger partial charge in [-0.2, -0.15) is 0 Å². The Morgan fingerprint density at radius 3 is 2.78 bits per heavy atom. The Morgan fingerprint density at radius 1 is 1.35 bits per heavy atom. The number of hydrogen-bond acceptors (Lipinski definition) is 5. The van der Waals surface area contributed by atoms with Crippen molar-refractivity contribution in [1.82, 2.24) is 4.90 Å². The third-order valence-corrected chi connectivity index (χ3v) is 5.16. The zero-order valence-corrected chi connectivity index (χ0v) is 13.6. The van der Waals surface area contributed by atoms with Gasteiger partial charge in [0.05, 0.1) is 21.9 Å². The molecule has 0 unspecified atom stereocenters. The first kappa shape index (κ1) is 15.8. The predicted molar refractivity (Wildman–Crippen MR) is 89.7 cm³/mol. The molecule has 0 saturated carbocycles. The highest BCUT2D eigenvalue weighted by Crippen LogP contribution is 2.35. The van der Waals surface area contributed by atoms with Crippen molar-refractivity contribution in [2.75, 3.05) is 7.05 Å². The highest BCUT2D eigenvalue weighted by Gasteiger charge is 2.35. The Labute approximate surface area is 141 Å². The Kier molecular flexibility index (Phi) is 4.23. The zero-order valence-electron chi connectivity index (χ0n) is 12.0. The summed E-state index contributed by atoms with van der Waals surface area (Å²) in [7, 11) is 1.66. The van der Waals surface area contributed by atoms with E-state index < -0.39 is 4.92 Å². The number of nitro benzene ring substituents is 1. The molecule has 0 fully saturated rings. The molecule has 23 heavy (non-hydrogen) atoms. The Hall–Kier alpha value is -2.12. The molecule has 1 aromatic rings. The lowest BCUT2D eigenvalue weighted by Crippen LogP contribution is -2.45. The Balaban J connectivity index is 1.89. The molecule has 2 atom stereocenters. The van der Waals surface area contributed by atoms with Crippen LogP contribution in [0.4, 0.5) is 5.69 Å². The number of non-ortho nitro benzene ring substituents is 1. The molecule has 0 bridgehead atoms. The van der Waals surface area contributed by atoms with E-state index in [1.165, 1.54) is 28.8 Å². The van der Waals surface area contributed by atoms with Crippen molar-refractivity contribution < 1.29 is 9.72 Å². The van der Waals surface area contributed by atoms with Gasteiger partial charge in [0, 0.05) is 24.1 Å². The fourth-order valence-corrected chi connectivity index (χ4v) is 3.54. The van der Waals surface area contributed by atoms with Crippen LogP contribution in [0.15, 0.2) is 52.4 Å². The van der Waals surface area contributed by atoms with Crippen molar-refractivity contribution in [1.29, 1.82) is 0 Å². The fraction of sp³-hybridized carbons (Fsp3) is 0.200. The van der Waals surface area contributed by atoms with E-state index in [0.717, 1.165) is 0 Å². The lowest BCUT2D eigenvalue weighted by atomic mass is 9.93. The minimum Gasteiger partial charge on any atom is -0.294 e. The first-order valence-electron chi connectivity index (χ1n) is 6.79. The molecule has 1 aliphatic carbocycles. The van der Waals surface area contributed by atoms with Crippen LogP contribution in [0.3, 0.4) is 0 Å². The van der Waals surface area contributed by atoms with Crippen molar-refractivity contribution in [3.63, 3.8) is 0 Å². The summed E-state index contributed by atoms with van der Waals surface area (Å²) in [6.07, 6.45) is 7.43. The van der Waals surface area contributed by atoms with E-state index in [-0.39, 0.29) is 28.6 Å². The van der Waals surface area contributed by atoms with Crippen molar-refractivity contribution in [2.45, 2.75) is 10.9 Å². The summed E-state index contributed by atoms with van der Waals surface area (Å²) in [6.45, 7) is 0. The molecule has 6 nitrogen and oxygen atoms in total. The van der Waals surface area contributed by atoms with Crippen molar-refractivity contribution in [2.24, 2.45) is 10.9 Å².